The molecule has 0 aliphatic rings. The Kier molecular flexibility index (Phi) is 8.07. The Morgan fingerprint density at radius 2 is 1.61 bits per heavy atom. The number of benzene rings is 2. The first-order chi connectivity index (χ1) is 19.6. The molecule has 3 aromatic heterocycles. The van der Waals surface area contributed by atoms with Crippen LogP contribution in [0.4, 0.5) is 30.8 Å². The zero-order valence-corrected chi connectivity index (χ0v) is 23.4. The zero-order chi connectivity index (χ0) is 29.1. The van der Waals surface area contributed by atoms with E-state index in [-0.39, 0.29) is 0 Å². The van der Waals surface area contributed by atoms with E-state index in [1.165, 1.54) is 12.1 Å². The van der Waals surface area contributed by atoms with Crippen molar-refractivity contribution in [3.8, 4) is 0 Å². The summed E-state index contributed by atoms with van der Waals surface area (Å²) in [5.74, 6) is 1.52. The molecule has 0 bridgehead atoms. The first kappa shape index (κ1) is 28.3. The standard InChI is InChI=1S/C30H33F3N8/c1-19(2)41(20(3)4)16-15-35-27-25-28(40(18-36-25)17-21-9-11-23(12-10-21)30(31,32)33)39-29(38-27)37-26-24-8-6-5-7-22(24)13-14-34-26/h5-14,18-20H,15-17H2,1-4H3,(H2,34,35,37,38,39). The molecule has 2 aromatic carbocycles. The summed E-state index contributed by atoms with van der Waals surface area (Å²) in [6.07, 6.45) is -1.02. The molecule has 11 heteroatoms. The summed E-state index contributed by atoms with van der Waals surface area (Å²) in [7, 11) is 0. The monoisotopic (exact) mass is 562 g/mol. The van der Waals surface area contributed by atoms with Crippen molar-refractivity contribution in [1.29, 1.82) is 0 Å². The molecule has 8 nitrogen and oxygen atoms in total. The number of fused-ring (bicyclic) bond motifs is 2. The molecule has 0 saturated carbocycles. The van der Waals surface area contributed by atoms with Crippen LogP contribution in [-0.2, 0) is 12.7 Å². The van der Waals surface area contributed by atoms with E-state index in [9.17, 15) is 13.2 Å². The molecule has 0 radical (unpaired) electrons. The van der Waals surface area contributed by atoms with E-state index in [0.29, 0.717) is 59.5 Å². The number of halogens is 3. The highest BCUT2D eigenvalue weighted by Gasteiger charge is 2.30. The number of aromatic nitrogens is 5. The third-order valence-electron chi connectivity index (χ3n) is 6.99. The largest absolute Gasteiger partial charge is 0.416 e. The van der Waals surface area contributed by atoms with Gasteiger partial charge in [0.15, 0.2) is 17.0 Å². The molecule has 0 spiro atoms. The van der Waals surface area contributed by atoms with Gasteiger partial charge in [-0.1, -0.05) is 36.4 Å². The highest BCUT2D eigenvalue weighted by molar-refractivity contribution is 5.93. The van der Waals surface area contributed by atoms with E-state index in [2.05, 4.69) is 53.2 Å². The minimum Gasteiger partial charge on any atom is -0.367 e. The molecule has 0 unspecified atom stereocenters. The highest BCUT2D eigenvalue weighted by atomic mass is 19.4. The Labute approximate surface area is 236 Å². The molecule has 0 aliphatic carbocycles. The summed E-state index contributed by atoms with van der Waals surface area (Å²) in [5.41, 5.74) is 1.14. The van der Waals surface area contributed by atoms with Crippen LogP contribution in [0.15, 0.2) is 67.1 Å². The Hall–Kier alpha value is -4.25. The van der Waals surface area contributed by atoms with Crippen molar-refractivity contribution in [2.45, 2.75) is 52.5 Å². The lowest BCUT2D eigenvalue weighted by atomic mass is 10.1. The van der Waals surface area contributed by atoms with Crippen LogP contribution in [0, 0.1) is 0 Å². The van der Waals surface area contributed by atoms with Crippen LogP contribution in [0.3, 0.4) is 0 Å². The van der Waals surface area contributed by atoms with E-state index in [1.807, 2.05) is 30.3 Å². The number of nitrogens with zero attached hydrogens (tertiary/aromatic N) is 6. The molecule has 5 rings (SSSR count). The second-order valence-electron chi connectivity index (χ2n) is 10.5. The second-order valence-corrected chi connectivity index (χ2v) is 10.5. The lowest BCUT2D eigenvalue weighted by Gasteiger charge is -2.30. The van der Waals surface area contributed by atoms with E-state index >= 15 is 0 Å². The molecule has 0 atom stereocenters. The molecule has 0 saturated heterocycles. The first-order valence-electron chi connectivity index (χ1n) is 13.6. The number of pyridine rings is 1. The summed E-state index contributed by atoms with van der Waals surface area (Å²) in [6, 6.07) is 15.7. The van der Waals surface area contributed by atoms with Crippen molar-refractivity contribution < 1.29 is 13.2 Å². The van der Waals surface area contributed by atoms with Crippen molar-refractivity contribution in [3.05, 3.63) is 78.2 Å². The molecule has 2 N–H and O–H groups in total. The van der Waals surface area contributed by atoms with Crippen LogP contribution in [0.25, 0.3) is 21.9 Å². The van der Waals surface area contributed by atoms with E-state index in [0.717, 1.165) is 29.4 Å². The number of nitrogens with one attached hydrogen (secondary N) is 2. The lowest BCUT2D eigenvalue weighted by molar-refractivity contribution is -0.137. The Bertz CT molecular complexity index is 1610. The van der Waals surface area contributed by atoms with Crippen LogP contribution >= 0.6 is 0 Å². The molecule has 0 amide bonds. The van der Waals surface area contributed by atoms with Gasteiger partial charge in [-0.3, -0.25) is 4.90 Å². The molecule has 214 valence electrons. The van der Waals surface area contributed by atoms with Gasteiger partial charge in [-0.2, -0.15) is 23.1 Å². The fraction of sp³-hybridized carbons (Fsp3) is 0.333. The quantitative estimate of drug-likeness (QED) is 0.196. The van der Waals surface area contributed by atoms with E-state index in [1.54, 1.807) is 17.1 Å². The normalized spacial score (nSPS) is 12.2. The van der Waals surface area contributed by atoms with Crippen LogP contribution in [-0.4, -0.2) is 54.6 Å². The molecular formula is C30H33F3N8. The van der Waals surface area contributed by atoms with Gasteiger partial charge in [0.05, 0.1) is 18.4 Å². The SMILES string of the molecule is CC(C)N(CCNc1nc(Nc2nccc3ccccc23)nc2c1ncn2Cc1ccc(C(F)(F)F)cc1)C(C)C. The van der Waals surface area contributed by atoms with Crippen LogP contribution in [0.2, 0.25) is 0 Å². The number of anilines is 3. The smallest absolute Gasteiger partial charge is 0.367 e. The third-order valence-corrected chi connectivity index (χ3v) is 6.99. The maximum Gasteiger partial charge on any atom is 0.416 e. The Morgan fingerprint density at radius 3 is 2.32 bits per heavy atom. The van der Waals surface area contributed by atoms with Crippen LogP contribution in [0.5, 0.6) is 0 Å². The second kappa shape index (κ2) is 11.7. The number of rotatable bonds is 10. The van der Waals surface area contributed by atoms with Gasteiger partial charge in [0.1, 0.15) is 5.82 Å². The number of hydrogen-bond acceptors (Lipinski definition) is 7. The van der Waals surface area contributed by atoms with Gasteiger partial charge >= 0.3 is 6.18 Å². The minimum absolute atomic E-state index is 0.297. The van der Waals surface area contributed by atoms with Gasteiger partial charge in [-0.15, -0.1) is 0 Å². The van der Waals surface area contributed by atoms with E-state index in [4.69, 9.17) is 9.97 Å². The molecule has 0 fully saturated rings. The van der Waals surface area contributed by atoms with Crippen molar-refractivity contribution in [3.63, 3.8) is 0 Å². The Balaban J connectivity index is 1.49. The third kappa shape index (κ3) is 6.40. The van der Waals surface area contributed by atoms with Crippen molar-refractivity contribution in [2.75, 3.05) is 23.7 Å². The van der Waals surface area contributed by atoms with E-state index < -0.39 is 11.7 Å². The lowest BCUT2D eigenvalue weighted by Crippen LogP contribution is -2.40. The summed E-state index contributed by atoms with van der Waals surface area (Å²) < 4.78 is 41.0. The fourth-order valence-electron chi connectivity index (χ4n) is 4.98. The first-order valence-corrected chi connectivity index (χ1v) is 13.6. The van der Waals surface area contributed by atoms with Crippen molar-refractivity contribution in [2.24, 2.45) is 0 Å². The molecule has 5 aromatic rings. The van der Waals surface area contributed by atoms with Gasteiger partial charge < -0.3 is 15.2 Å². The van der Waals surface area contributed by atoms with Crippen molar-refractivity contribution in [1.82, 2.24) is 29.4 Å². The van der Waals surface area contributed by atoms with Crippen LogP contribution in [0.1, 0.15) is 38.8 Å². The topological polar surface area (TPSA) is 83.8 Å². The summed E-state index contributed by atoms with van der Waals surface area (Å²) in [6.45, 7) is 10.4. The van der Waals surface area contributed by atoms with Gasteiger partial charge in [0.2, 0.25) is 5.95 Å². The highest BCUT2D eigenvalue weighted by Crippen LogP contribution is 2.30. The molecule has 3 heterocycles. The molecule has 41 heavy (non-hydrogen) atoms. The molecular weight excluding hydrogens is 529 g/mol. The fourth-order valence-corrected chi connectivity index (χ4v) is 4.98. The van der Waals surface area contributed by atoms with Gasteiger partial charge in [0, 0.05) is 36.8 Å². The van der Waals surface area contributed by atoms with Crippen LogP contribution < -0.4 is 10.6 Å². The maximum atomic E-state index is 13.1. The average molecular weight is 563 g/mol. The predicted molar refractivity (Wildman–Crippen MR) is 156 cm³/mol. The van der Waals surface area contributed by atoms with Gasteiger partial charge in [-0.05, 0) is 56.8 Å². The predicted octanol–water partition coefficient (Wildman–Crippen LogP) is 6.72. The summed E-state index contributed by atoms with van der Waals surface area (Å²) >= 11 is 0. The minimum atomic E-state index is -4.38. The number of alkyl halides is 3. The van der Waals surface area contributed by atoms with Gasteiger partial charge in [-0.25, -0.2) is 9.97 Å². The van der Waals surface area contributed by atoms with Gasteiger partial charge in [0.25, 0.3) is 0 Å². The Morgan fingerprint density at radius 1 is 0.878 bits per heavy atom. The summed E-state index contributed by atoms with van der Waals surface area (Å²) in [5, 5.41) is 8.66. The van der Waals surface area contributed by atoms with Crippen molar-refractivity contribution >= 4 is 39.5 Å². The average Bonchev–Trinajstić information content (AvgIpc) is 3.33. The number of imidazole rings is 1. The maximum absolute atomic E-state index is 13.1. The number of hydrogen-bond donors (Lipinski definition) is 2. The molecule has 0 aliphatic heterocycles. The zero-order valence-electron chi connectivity index (χ0n) is 23.4. The summed E-state index contributed by atoms with van der Waals surface area (Å²) in [4.78, 5) is 21.0.